The van der Waals surface area contributed by atoms with Gasteiger partial charge in [0.05, 0.1) is 22.9 Å². The van der Waals surface area contributed by atoms with Crippen LogP contribution in [0.3, 0.4) is 0 Å². The zero-order valence-corrected chi connectivity index (χ0v) is 17.8. The first kappa shape index (κ1) is 20.5. The number of nitrogens with one attached hydrogen (secondary N) is 1. The van der Waals surface area contributed by atoms with Crippen LogP contribution in [-0.2, 0) is 13.0 Å². The van der Waals surface area contributed by atoms with Crippen molar-refractivity contribution in [2.75, 3.05) is 13.1 Å². The van der Waals surface area contributed by atoms with Crippen LogP contribution in [0, 0.1) is 0 Å². The first-order valence-corrected chi connectivity index (χ1v) is 10.9. The number of aryl methyl sites for hydroxylation is 1. The molecule has 3 N–H and O–H groups in total. The van der Waals surface area contributed by atoms with E-state index in [9.17, 15) is 0 Å². The molecule has 0 saturated carbocycles. The van der Waals surface area contributed by atoms with Crippen LogP contribution in [0.2, 0.25) is 0 Å². The number of hydrogen-bond acceptors (Lipinski definition) is 4. The normalized spacial score (nSPS) is 16.4. The molecule has 156 valence electrons. The van der Waals surface area contributed by atoms with Crippen molar-refractivity contribution in [1.82, 2.24) is 19.9 Å². The Morgan fingerprint density at radius 3 is 3.00 bits per heavy atom. The summed E-state index contributed by atoms with van der Waals surface area (Å²) in [5.74, 6) is 0. The minimum absolute atomic E-state index is 0.308. The number of pyridine rings is 2. The number of nitrogens with zero attached hydrogens (tertiary/aromatic N) is 3. The van der Waals surface area contributed by atoms with Gasteiger partial charge in [-0.1, -0.05) is 24.8 Å². The van der Waals surface area contributed by atoms with Crippen molar-refractivity contribution >= 4 is 23.1 Å². The number of nitrogens with two attached hydrogens (primary N) is 1. The van der Waals surface area contributed by atoms with Crippen molar-refractivity contribution in [1.29, 1.82) is 0 Å². The van der Waals surface area contributed by atoms with Gasteiger partial charge in [0.1, 0.15) is 0 Å². The smallest absolute Gasteiger partial charge is 0.0784 e. The van der Waals surface area contributed by atoms with Gasteiger partial charge in [0.15, 0.2) is 0 Å². The molecule has 0 saturated heterocycles. The highest BCUT2D eigenvalue weighted by Gasteiger charge is 2.28. The molecule has 3 aromatic rings. The van der Waals surface area contributed by atoms with Crippen molar-refractivity contribution in [3.63, 3.8) is 0 Å². The standard InChI is InChI=1S/C25H31N5/c1-3-8-21-19(4-2)20-12-15-27-22(25(20)29-21)17-30(16-7-13-26)23-11-5-9-18-10-6-14-28-24(18)23/h3-4,6,8,10,12,14-15,23,29H,2,5,7,9,11,13,16-17,26H2,1H3/b8-3-. The van der Waals surface area contributed by atoms with Crippen LogP contribution in [-0.4, -0.2) is 32.9 Å². The fourth-order valence-electron chi connectivity index (χ4n) is 4.63. The maximum absolute atomic E-state index is 5.88. The molecule has 1 atom stereocenters. The van der Waals surface area contributed by atoms with E-state index < -0.39 is 0 Å². The third-order valence-electron chi connectivity index (χ3n) is 6.02. The predicted molar refractivity (Wildman–Crippen MR) is 125 cm³/mol. The molecule has 0 amide bonds. The van der Waals surface area contributed by atoms with Gasteiger partial charge in [-0.3, -0.25) is 14.9 Å². The lowest BCUT2D eigenvalue weighted by atomic mass is 9.90. The molecule has 4 rings (SSSR count). The van der Waals surface area contributed by atoms with Crippen molar-refractivity contribution < 1.29 is 0 Å². The molecule has 3 heterocycles. The molecule has 0 spiro atoms. The van der Waals surface area contributed by atoms with Crippen LogP contribution in [0.4, 0.5) is 0 Å². The fourth-order valence-corrected chi connectivity index (χ4v) is 4.63. The Morgan fingerprint density at radius 2 is 2.20 bits per heavy atom. The molecule has 5 heteroatoms. The second-order valence-corrected chi connectivity index (χ2v) is 7.91. The third-order valence-corrected chi connectivity index (χ3v) is 6.02. The van der Waals surface area contributed by atoms with Crippen molar-refractivity contribution in [3.05, 3.63) is 71.5 Å². The minimum Gasteiger partial charge on any atom is -0.353 e. The van der Waals surface area contributed by atoms with E-state index in [0.717, 1.165) is 54.8 Å². The molecule has 0 bridgehead atoms. The van der Waals surface area contributed by atoms with Gasteiger partial charge in [-0.05, 0) is 62.9 Å². The predicted octanol–water partition coefficient (Wildman–Crippen LogP) is 4.86. The molecule has 0 fully saturated rings. The van der Waals surface area contributed by atoms with E-state index in [0.29, 0.717) is 12.6 Å². The third kappa shape index (κ3) is 3.95. The van der Waals surface area contributed by atoms with Crippen LogP contribution in [0.25, 0.3) is 23.1 Å². The first-order chi connectivity index (χ1) is 14.8. The van der Waals surface area contributed by atoms with Gasteiger partial charge in [0.25, 0.3) is 0 Å². The average molecular weight is 402 g/mol. The second kappa shape index (κ2) is 9.37. The van der Waals surface area contributed by atoms with Crippen LogP contribution in [0.15, 0.2) is 43.2 Å². The zero-order valence-electron chi connectivity index (χ0n) is 17.8. The summed E-state index contributed by atoms with van der Waals surface area (Å²) in [5.41, 5.74) is 12.8. The Bertz CT molecular complexity index is 1050. The van der Waals surface area contributed by atoms with Crippen LogP contribution >= 0.6 is 0 Å². The molecular formula is C25H31N5. The van der Waals surface area contributed by atoms with Gasteiger partial charge in [-0.2, -0.15) is 0 Å². The number of aromatic amines is 1. The molecule has 3 aromatic heterocycles. The van der Waals surface area contributed by atoms with Gasteiger partial charge in [-0.25, -0.2) is 0 Å². The zero-order chi connectivity index (χ0) is 20.9. The number of hydrogen-bond donors (Lipinski definition) is 2. The Kier molecular flexibility index (Phi) is 6.41. The van der Waals surface area contributed by atoms with Crippen LogP contribution in [0.5, 0.6) is 0 Å². The Labute approximate surface area is 178 Å². The number of fused-ring (bicyclic) bond motifs is 2. The topological polar surface area (TPSA) is 70.8 Å². The van der Waals surface area contributed by atoms with E-state index in [2.05, 4.69) is 34.7 Å². The Balaban J connectivity index is 1.73. The maximum Gasteiger partial charge on any atom is 0.0784 e. The lowest BCUT2D eigenvalue weighted by Gasteiger charge is -2.35. The number of allylic oxidation sites excluding steroid dienone is 1. The molecule has 1 aliphatic rings. The molecule has 1 aliphatic carbocycles. The second-order valence-electron chi connectivity index (χ2n) is 7.91. The highest BCUT2D eigenvalue weighted by Crippen LogP contribution is 2.35. The van der Waals surface area contributed by atoms with Crippen molar-refractivity contribution in [3.8, 4) is 0 Å². The summed E-state index contributed by atoms with van der Waals surface area (Å²) in [6.07, 6.45) is 14.3. The van der Waals surface area contributed by atoms with Crippen molar-refractivity contribution in [2.24, 2.45) is 5.73 Å². The van der Waals surface area contributed by atoms with Gasteiger partial charge in [0, 0.05) is 42.1 Å². The van der Waals surface area contributed by atoms with Crippen LogP contribution in [0.1, 0.15) is 60.4 Å². The minimum atomic E-state index is 0.308. The molecule has 30 heavy (non-hydrogen) atoms. The molecular weight excluding hydrogens is 370 g/mol. The summed E-state index contributed by atoms with van der Waals surface area (Å²) in [6.45, 7) is 8.44. The molecule has 1 unspecified atom stereocenters. The summed E-state index contributed by atoms with van der Waals surface area (Å²) in [5, 5.41) is 1.17. The summed E-state index contributed by atoms with van der Waals surface area (Å²) >= 11 is 0. The summed E-state index contributed by atoms with van der Waals surface area (Å²) in [6, 6.07) is 6.65. The monoisotopic (exact) mass is 401 g/mol. The Hall–Kier alpha value is -2.76. The molecule has 0 radical (unpaired) electrons. The lowest BCUT2D eigenvalue weighted by molar-refractivity contribution is 0.163. The number of aromatic nitrogens is 3. The summed E-state index contributed by atoms with van der Waals surface area (Å²) in [7, 11) is 0. The van der Waals surface area contributed by atoms with E-state index in [1.54, 1.807) is 0 Å². The lowest BCUT2D eigenvalue weighted by Crippen LogP contribution is -2.33. The van der Waals surface area contributed by atoms with E-state index in [1.807, 2.05) is 37.5 Å². The largest absolute Gasteiger partial charge is 0.353 e. The maximum atomic E-state index is 5.88. The van der Waals surface area contributed by atoms with Crippen molar-refractivity contribution in [2.45, 2.75) is 45.2 Å². The molecule has 5 nitrogen and oxygen atoms in total. The van der Waals surface area contributed by atoms with Gasteiger partial charge >= 0.3 is 0 Å². The SMILES string of the molecule is C=Cc1c(/C=C\C)[nH]c2c(CN(CCCN)C3CCCc4cccnc43)nccc12. The van der Waals surface area contributed by atoms with E-state index in [4.69, 9.17) is 15.7 Å². The van der Waals surface area contributed by atoms with E-state index >= 15 is 0 Å². The van der Waals surface area contributed by atoms with Gasteiger partial charge in [-0.15, -0.1) is 0 Å². The molecule has 0 aromatic carbocycles. The van der Waals surface area contributed by atoms with E-state index in [-0.39, 0.29) is 0 Å². The molecule has 0 aliphatic heterocycles. The van der Waals surface area contributed by atoms with Gasteiger partial charge < -0.3 is 10.7 Å². The first-order valence-electron chi connectivity index (χ1n) is 10.9. The highest BCUT2D eigenvalue weighted by molar-refractivity contribution is 5.93. The average Bonchev–Trinajstić information content (AvgIpc) is 3.14. The summed E-state index contributed by atoms with van der Waals surface area (Å²) < 4.78 is 0. The Morgan fingerprint density at radius 1 is 1.30 bits per heavy atom. The van der Waals surface area contributed by atoms with Crippen LogP contribution < -0.4 is 5.73 Å². The summed E-state index contributed by atoms with van der Waals surface area (Å²) in [4.78, 5) is 15.6. The highest BCUT2D eigenvalue weighted by atomic mass is 15.2. The van der Waals surface area contributed by atoms with Gasteiger partial charge in [0.2, 0.25) is 0 Å². The van der Waals surface area contributed by atoms with E-state index in [1.165, 1.54) is 23.1 Å². The quantitative estimate of drug-likeness (QED) is 0.565. The number of rotatable bonds is 8. The number of H-pyrrole nitrogens is 1. The fraction of sp³-hybridized carbons (Fsp3) is 0.360.